The fraction of sp³-hybridized carbons (Fsp3) is 0.857. The van der Waals surface area contributed by atoms with Crippen LogP contribution in [0.25, 0.3) is 0 Å². The summed E-state index contributed by atoms with van der Waals surface area (Å²) < 4.78 is 0. The first-order valence-electron chi connectivity index (χ1n) is 3.49. The monoisotopic (exact) mass is 175 g/mol. The number of unbranched alkanes of at least 4 members (excludes halogenated alkanes) is 1. The van der Waals surface area contributed by atoms with Crippen molar-refractivity contribution in [3.63, 3.8) is 0 Å². The quantitative estimate of drug-likeness (QED) is 0.474. The van der Waals surface area contributed by atoms with Gasteiger partial charge in [0.25, 0.3) is 0 Å². The molecule has 0 saturated carbocycles. The Morgan fingerprint density at radius 1 is 1.60 bits per heavy atom. The zero-order valence-corrected chi connectivity index (χ0v) is 8.10. The molecule has 0 amide bonds. The molecule has 3 heteroatoms. The van der Waals surface area contributed by atoms with Crippen LogP contribution in [-0.2, 0) is 0 Å². The van der Waals surface area contributed by atoms with Gasteiger partial charge in [0.2, 0.25) is 0 Å². The van der Waals surface area contributed by atoms with E-state index in [1.807, 2.05) is 6.92 Å². The van der Waals surface area contributed by atoms with Crippen LogP contribution in [0.5, 0.6) is 0 Å². The van der Waals surface area contributed by atoms with Gasteiger partial charge in [-0.05, 0) is 13.3 Å². The van der Waals surface area contributed by atoms with Gasteiger partial charge in [-0.2, -0.15) is 5.26 Å². The maximum atomic E-state index is 8.41. The molecule has 1 nitrogen and oxygen atoms in total. The van der Waals surface area contributed by atoms with Crippen LogP contribution in [0, 0.1) is 11.3 Å². The molecule has 0 rings (SSSR count). The largest absolute Gasteiger partial charge is 0.197 e. The fourth-order valence-electron chi connectivity index (χ4n) is 0.375. The van der Waals surface area contributed by atoms with Gasteiger partial charge < -0.3 is 0 Å². The van der Waals surface area contributed by atoms with Gasteiger partial charge in [0.05, 0.1) is 11.3 Å². The third kappa shape index (κ3) is 6.31. The van der Waals surface area contributed by atoms with Crippen molar-refractivity contribution in [3.8, 4) is 6.07 Å². The first-order valence-corrected chi connectivity index (χ1v) is 5.87. The lowest BCUT2D eigenvalue weighted by atomic mass is 10.4. The van der Waals surface area contributed by atoms with Crippen molar-refractivity contribution in [1.82, 2.24) is 0 Å². The topological polar surface area (TPSA) is 23.8 Å². The standard InChI is InChI=1S/C7H13NS2/c1-3-4-5-9-10-7(2)6-8/h7H,3-5H2,1-2H3. The van der Waals surface area contributed by atoms with E-state index in [4.69, 9.17) is 5.26 Å². The predicted octanol–water partition coefficient (Wildman–Crippen LogP) is 3.08. The molecule has 0 aliphatic rings. The molecule has 0 heterocycles. The Morgan fingerprint density at radius 2 is 2.30 bits per heavy atom. The summed E-state index contributed by atoms with van der Waals surface area (Å²) in [6, 6.07) is 2.18. The number of nitrogens with zero attached hydrogens (tertiary/aromatic N) is 1. The van der Waals surface area contributed by atoms with Crippen LogP contribution in [0.3, 0.4) is 0 Å². The molecule has 10 heavy (non-hydrogen) atoms. The normalized spacial score (nSPS) is 12.5. The Labute approximate surface area is 71.0 Å². The second kappa shape index (κ2) is 7.30. The summed E-state index contributed by atoms with van der Waals surface area (Å²) in [5, 5.41) is 8.55. The Hall–Kier alpha value is 0.190. The van der Waals surface area contributed by atoms with Gasteiger partial charge in [-0.3, -0.25) is 0 Å². The Balaban J connectivity index is 2.98. The SMILES string of the molecule is CCCCSSC(C)C#N. The fourth-order valence-corrected chi connectivity index (χ4v) is 2.51. The van der Waals surface area contributed by atoms with Gasteiger partial charge in [0, 0.05) is 5.75 Å². The van der Waals surface area contributed by atoms with Crippen LogP contribution in [0.2, 0.25) is 0 Å². The van der Waals surface area contributed by atoms with E-state index < -0.39 is 0 Å². The molecule has 1 atom stereocenters. The van der Waals surface area contributed by atoms with Crippen molar-refractivity contribution in [1.29, 1.82) is 5.26 Å². The van der Waals surface area contributed by atoms with Gasteiger partial charge in [0.1, 0.15) is 0 Å². The molecule has 0 N–H and O–H groups in total. The Kier molecular flexibility index (Phi) is 7.44. The zero-order chi connectivity index (χ0) is 7.82. The van der Waals surface area contributed by atoms with Crippen molar-refractivity contribution in [2.24, 2.45) is 0 Å². The molecule has 1 unspecified atom stereocenters. The van der Waals surface area contributed by atoms with Gasteiger partial charge in [-0.1, -0.05) is 34.9 Å². The van der Waals surface area contributed by atoms with Crippen LogP contribution in [0.1, 0.15) is 26.7 Å². The van der Waals surface area contributed by atoms with Gasteiger partial charge in [-0.15, -0.1) is 0 Å². The maximum Gasteiger partial charge on any atom is 0.0991 e. The number of rotatable bonds is 5. The van der Waals surface area contributed by atoms with E-state index in [0.29, 0.717) is 0 Å². The van der Waals surface area contributed by atoms with Gasteiger partial charge >= 0.3 is 0 Å². The second-order valence-electron chi connectivity index (χ2n) is 2.04. The van der Waals surface area contributed by atoms with E-state index in [1.54, 1.807) is 21.6 Å². The first-order chi connectivity index (χ1) is 4.81. The zero-order valence-electron chi connectivity index (χ0n) is 6.46. The number of hydrogen-bond acceptors (Lipinski definition) is 3. The summed E-state index contributed by atoms with van der Waals surface area (Å²) in [6.07, 6.45) is 2.50. The van der Waals surface area contributed by atoms with Crippen molar-refractivity contribution < 1.29 is 0 Å². The van der Waals surface area contributed by atoms with E-state index in [0.717, 1.165) is 0 Å². The molecule has 0 spiro atoms. The predicted molar refractivity (Wildman–Crippen MR) is 50.0 cm³/mol. The minimum atomic E-state index is 0.141. The molecule has 0 aromatic rings. The lowest BCUT2D eigenvalue weighted by Gasteiger charge is -1.99. The van der Waals surface area contributed by atoms with Gasteiger partial charge in [0.15, 0.2) is 0 Å². The third-order valence-corrected chi connectivity index (χ3v) is 3.74. The molecular weight excluding hydrogens is 162 g/mol. The highest BCUT2D eigenvalue weighted by Crippen LogP contribution is 2.26. The minimum absolute atomic E-state index is 0.141. The number of hydrogen-bond donors (Lipinski definition) is 0. The average Bonchev–Trinajstić information content (AvgIpc) is 1.98. The smallest absolute Gasteiger partial charge is 0.0991 e. The summed E-state index contributed by atoms with van der Waals surface area (Å²) in [5.41, 5.74) is 0. The van der Waals surface area contributed by atoms with Crippen molar-refractivity contribution in [2.45, 2.75) is 31.9 Å². The molecule has 0 fully saturated rings. The second-order valence-corrected chi connectivity index (χ2v) is 4.87. The molecule has 0 aromatic heterocycles. The minimum Gasteiger partial charge on any atom is -0.197 e. The summed E-state index contributed by atoms with van der Waals surface area (Å²) in [4.78, 5) is 0. The van der Waals surface area contributed by atoms with Crippen LogP contribution in [-0.4, -0.2) is 11.0 Å². The molecule has 0 bridgehead atoms. The maximum absolute atomic E-state index is 8.41. The average molecular weight is 175 g/mol. The van der Waals surface area contributed by atoms with Crippen molar-refractivity contribution >= 4 is 21.6 Å². The van der Waals surface area contributed by atoms with Crippen LogP contribution >= 0.6 is 21.6 Å². The summed E-state index contributed by atoms with van der Waals surface area (Å²) in [7, 11) is 3.48. The summed E-state index contributed by atoms with van der Waals surface area (Å²) in [6.45, 7) is 4.11. The first kappa shape index (κ1) is 10.2. The third-order valence-electron chi connectivity index (χ3n) is 0.975. The lowest BCUT2D eigenvalue weighted by Crippen LogP contribution is -1.86. The van der Waals surface area contributed by atoms with Crippen molar-refractivity contribution in [3.05, 3.63) is 0 Å². The van der Waals surface area contributed by atoms with E-state index in [2.05, 4.69) is 13.0 Å². The molecule has 0 aliphatic heterocycles. The van der Waals surface area contributed by atoms with Crippen LogP contribution in [0.4, 0.5) is 0 Å². The van der Waals surface area contributed by atoms with E-state index in [9.17, 15) is 0 Å². The highest BCUT2D eigenvalue weighted by Gasteiger charge is 1.98. The highest BCUT2D eigenvalue weighted by atomic mass is 33.1. The summed E-state index contributed by atoms with van der Waals surface area (Å²) in [5.74, 6) is 1.17. The lowest BCUT2D eigenvalue weighted by molar-refractivity contribution is 0.898. The van der Waals surface area contributed by atoms with E-state index in [1.165, 1.54) is 18.6 Å². The van der Waals surface area contributed by atoms with Crippen LogP contribution < -0.4 is 0 Å². The molecule has 58 valence electrons. The molecule has 0 aromatic carbocycles. The highest BCUT2D eigenvalue weighted by molar-refractivity contribution is 8.77. The number of nitriles is 1. The van der Waals surface area contributed by atoms with E-state index in [-0.39, 0.29) is 5.25 Å². The summed E-state index contributed by atoms with van der Waals surface area (Å²) >= 11 is 0. The van der Waals surface area contributed by atoms with Gasteiger partial charge in [-0.25, -0.2) is 0 Å². The van der Waals surface area contributed by atoms with Crippen LogP contribution in [0.15, 0.2) is 0 Å². The molecule has 0 saturated heterocycles. The van der Waals surface area contributed by atoms with E-state index >= 15 is 0 Å². The Morgan fingerprint density at radius 3 is 2.80 bits per heavy atom. The molecular formula is C7H13NS2. The Bertz CT molecular complexity index is 109. The molecule has 0 radical (unpaired) electrons. The van der Waals surface area contributed by atoms with Crippen molar-refractivity contribution in [2.75, 3.05) is 5.75 Å². The molecule has 0 aliphatic carbocycles.